The van der Waals surface area contributed by atoms with Crippen molar-refractivity contribution in [1.29, 1.82) is 0 Å². The van der Waals surface area contributed by atoms with Gasteiger partial charge in [-0.15, -0.1) is 0 Å². The van der Waals surface area contributed by atoms with Crippen LogP contribution in [0.3, 0.4) is 0 Å². The standard InChI is InChI=1S/C10H10N2O2/c1-2-8(13-9-5-11-6-9)3-10-7(1)4-12-14-10/h1-4,9,11H,5-6H2. The molecule has 1 aromatic carbocycles. The van der Waals surface area contributed by atoms with Gasteiger partial charge in [-0.25, -0.2) is 0 Å². The maximum atomic E-state index is 5.68. The van der Waals surface area contributed by atoms with Gasteiger partial charge < -0.3 is 14.6 Å². The molecule has 3 rings (SSSR count). The van der Waals surface area contributed by atoms with Crippen LogP contribution in [0.15, 0.2) is 28.9 Å². The summed E-state index contributed by atoms with van der Waals surface area (Å²) in [6, 6.07) is 5.77. The van der Waals surface area contributed by atoms with E-state index < -0.39 is 0 Å². The summed E-state index contributed by atoms with van der Waals surface area (Å²) in [7, 11) is 0. The summed E-state index contributed by atoms with van der Waals surface area (Å²) in [4.78, 5) is 0. The lowest BCUT2D eigenvalue weighted by Gasteiger charge is -2.27. The molecule has 4 heteroatoms. The van der Waals surface area contributed by atoms with E-state index in [9.17, 15) is 0 Å². The van der Waals surface area contributed by atoms with E-state index >= 15 is 0 Å². The van der Waals surface area contributed by atoms with E-state index in [0.29, 0.717) is 6.10 Å². The molecule has 1 fully saturated rings. The Bertz CT molecular complexity index is 448. The number of benzene rings is 1. The SMILES string of the molecule is c1cc2cnoc2cc1OC1CNC1. The minimum absolute atomic E-state index is 0.301. The highest BCUT2D eigenvalue weighted by Crippen LogP contribution is 2.21. The summed E-state index contributed by atoms with van der Waals surface area (Å²) in [6.07, 6.45) is 2.00. The zero-order valence-corrected chi connectivity index (χ0v) is 7.56. The fourth-order valence-corrected chi connectivity index (χ4v) is 1.45. The third-order valence-electron chi connectivity index (χ3n) is 2.37. The Kier molecular flexibility index (Phi) is 1.67. The molecule has 0 amide bonds. The molecule has 2 heterocycles. The largest absolute Gasteiger partial charge is 0.488 e. The first-order valence-electron chi connectivity index (χ1n) is 4.64. The van der Waals surface area contributed by atoms with Gasteiger partial charge in [-0.3, -0.25) is 0 Å². The van der Waals surface area contributed by atoms with Gasteiger partial charge in [0.25, 0.3) is 0 Å². The molecule has 1 aliphatic rings. The third-order valence-corrected chi connectivity index (χ3v) is 2.37. The molecular weight excluding hydrogens is 180 g/mol. The molecule has 14 heavy (non-hydrogen) atoms. The molecule has 0 saturated carbocycles. The summed E-state index contributed by atoms with van der Waals surface area (Å²) in [5.41, 5.74) is 0.773. The van der Waals surface area contributed by atoms with Crippen molar-refractivity contribution in [2.75, 3.05) is 13.1 Å². The molecule has 0 bridgehead atoms. The molecule has 0 spiro atoms. The van der Waals surface area contributed by atoms with Crippen LogP contribution < -0.4 is 10.1 Å². The normalized spacial score (nSPS) is 16.9. The monoisotopic (exact) mass is 190 g/mol. The van der Waals surface area contributed by atoms with Crippen LogP contribution in [-0.4, -0.2) is 24.4 Å². The van der Waals surface area contributed by atoms with Crippen LogP contribution in [0, 0.1) is 0 Å². The van der Waals surface area contributed by atoms with Crippen molar-refractivity contribution in [2.24, 2.45) is 0 Å². The van der Waals surface area contributed by atoms with Gasteiger partial charge in [-0.05, 0) is 12.1 Å². The number of nitrogens with zero attached hydrogens (tertiary/aromatic N) is 1. The quantitative estimate of drug-likeness (QED) is 0.772. The number of fused-ring (bicyclic) bond motifs is 1. The highest BCUT2D eigenvalue weighted by Gasteiger charge is 2.18. The van der Waals surface area contributed by atoms with Crippen LogP contribution in [0.25, 0.3) is 11.0 Å². The fourth-order valence-electron chi connectivity index (χ4n) is 1.45. The van der Waals surface area contributed by atoms with E-state index in [1.165, 1.54) is 0 Å². The summed E-state index contributed by atoms with van der Waals surface area (Å²) in [6.45, 7) is 1.85. The lowest BCUT2D eigenvalue weighted by molar-refractivity contribution is 0.142. The Morgan fingerprint density at radius 2 is 2.36 bits per heavy atom. The second-order valence-corrected chi connectivity index (χ2v) is 3.42. The molecule has 2 aromatic rings. The van der Waals surface area contributed by atoms with Crippen LogP contribution in [-0.2, 0) is 0 Å². The summed E-state index contributed by atoms with van der Waals surface area (Å²) < 4.78 is 10.7. The minimum atomic E-state index is 0.301. The number of hydrogen-bond donors (Lipinski definition) is 1. The summed E-state index contributed by atoms with van der Waals surface area (Å²) >= 11 is 0. The van der Waals surface area contributed by atoms with Crippen LogP contribution in [0.2, 0.25) is 0 Å². The zero-order chi connectivity index (χ0) is 9.38. The Morgan fingerprint density at radius 3 is 3.14 bits per heavy atom. The van der Waals surface area contributed by atoms with Gasteiger partial charge in [0.05, 0.1) is 6.20 Å². The number of hydrogen-bond acceptors (Lipinski definition) is 4. The molecule has 1 N–H and O–H groups in total. The molecule has 0 radical (unpaired) electrons. The number of aromatic nitrogens is 1. The van der Waals surface area contributed by atoms with Crippen molar-refractivity contribution in [1.82, 2.24) is 10.5 Å². The van der Waals surface area contributed by atoms with Gasteiger partial charge in [0.1, 0.15) is 11.9 Å². The summed E-state index contributed by atoms with van der Waals surface area (Å²) in [5.74, 6) is 0.848. The first kappa shape index (κ1) is 7.82. The Labute approximate surface area is 80.8 Å². The lowest BCUT2D eigenvalue weighted by Crippen LogP contribution is -2.50. The van der Waals surface area contributed by atoms with E-state index in [1.807, 2.05) is 18.2 Å². The molecule has 72 valence electrons. The van der Waals surface area contributed by atoms with Crippen LogP contribution >= 0.6 is 0 Å². The van der Waals surface area contributed by atoms with E-state index in [1.54, 1.807) is 6.20 Å². The number of ether oxygens (including phenoxy) is 1. The smallest absolute Gasteiger partial charge is 0.170 e. The van der Waals surface area contributed by atoms with Gasteiger partial charge in [0, 0.05) is 24.5 Å². The molecule has 4 nitrogen and oxygen atoms in total. The van der Waals surface area contributed by atoms with Gasteiger partial charge in [-0.1, -0.05) is 5.16 Å². The van der Waals surface area contributed by atoms with Crippen molar-refractivity contribution >= 4 is 11.0 Å². The van der Waals surface area contributed by atoms with Crippen molar-refractivity contribution < 1.29 is 9.26 Å². The average Bonchev–Trinajstić information content (AvgIpc) is 2.58. The average molecular weight is 190 g/mol. The molecule has 1 aromatic heterocycles. The molecule has 0 atom stereocenters. The van der Waals surface area contributed by atoms with Crippen molar-refractivity contribution in [3.63, 3.8) is 0 Å². The lowest BCUT2D eigenvalue weighted by atomic mass is 10.2. The highest BCUT2D eigenvalue weighted by atomic mass is 16.5. The molecule has 1 saturated heterocycles. The Balaban J connectivity index is 1.88. The predicted molar refractivity (Wildman–Crippen MR) is 51.3 cm³/mol. The number of rotatable bonds is 2. The third kappa shape index (κ3) is 1.24. The van der Waals surface area contributed by atoms with E-state index in [0.717, 1.165) is 29.8 Å². The highest BCUT2D eigenvalue weighted by molar-refractivity contribution is 5.77. The maximum Gasteiger partial charge on any atom is 0.170 e. The zero-order valence-electron chi connectivity index (χ0n) is 7.56. The van der Waals surface area contributed by atoms with Gasteiger partial charge in [0.15, 0.2) is 5.58 Å². The maximum absolute atomic E-state index is 5.68. The number of nitrogens with one attached hydrogen (secondary N) is 1. The second-order valence-electron chi connectivity index (χ2n) is 3.42. The van der Waals surface area contributed by atoms with Crippen LogP contribution in [0.4, 0.5) is 0 Å². The van der Waals surface area contributed by atoms with Gasteiger partial charge >= 0.3 is 0 Å². The van der Waals surface area contributed by atoms with Gasteiger partial charge in [-0.2, -0.15) is 0 Å². The topological polar surface area (TPSA) is 47.3 Å². The Hall–Kier alpha value is -1.55. The van der Waals surface area contributed by atoms with Crippen molar-refractivity contribution in [3.05, 3.63) is 24.4 Å². The predicted octanol–water partition coefficient (Wildman–Crippen LogP) is 1.18. The summed E-state index contributed by atoms with van der Waals surface area (Å²) in [5, 5.41) is 7.87. The minimum Gasteiger partial charge on any atom is -0.488 e. The van der Waals surface area contributed by atoms with Gasteiger partial charge in [0.2, 0.25) is 0 Å². The van der Waals surface area contributed by atoms with E-state index in [4.69, 9.17) is 9.26 Å². The molecule has 0 aliphatic carbocycles. The first-order chi connectivity index (χ1) is 6.92. The van der Waals surface area contributed by atoms with Crippen molar-refractivity contribution in [2.45, 2.75) is 6.10 Å². The van der Waals surface area contributed by atoms with Crippen LogP contribution in [0.1, 0.15) is 0 Å². The fraction of sp³-hybridized carbons (Fsp3) is 0.300. The van der Waals surface area contributed by atoms with Crippen molar-refractivity contribution in [3.8, 4) is 5.75 Å². The molecular formula is C10H10N2O2. The van der Waals surface area contributed by atoms with E-state index in [2.05, 4.69) is 10.5 Å². The van der Waals surface area contributed by atoms with Crippen LogP contribution in [0.5, 0.6) is 5.75 Å². The molecule has 1 aliphatic heterocycles. The van der Waals surface area contributed by atoms with E-state index in [-0.39, 0.29) is 0 Å². The Morgan fingerprint density at radius 1 is 1.43 bits per heavy atom. The first-order valence-corrected chi connectivity index (χ1v) is 4.64. The molecule has 0 unspecified atom stereocenters. The second kappa shape index (κ2) is 2.99.